The highest BCUT2D eigenvalue weighted by Crippen LogP contribution is 2.29. The van der Waals surface area contributed by atoms with Gasteiger partial charge in [0.2, 0.25) is 0 Å². The number of benzene rings is 1. The van der Waals surface area contributed by atoms with Crippen molar-refractivity contribution >= 4 is 11.6 Å². The van der Waals surface area contributed by atoms with Crippen molar-refractivity contribution in [1.29, 1.82) is 0 Å². The molecule has 0 aromatic heterocycles. The Bertz CT molecular complexity index is 450. The molecule has 0 heterocycles. The average Bonchev–Trinajstić information content (AvgIpc) is 2.33. The van der Waals surface area contributed by atoms with E-state index in [2.05, 4.69) is 19.2 Å². The zero-order valence-electron chi connectivity index (χ0n) is 12.1. The van der Waals surface area contributed by atoms with Crippen molar-refractivity contribution in [2.45, 2.75) is 46.1 Å². The maximum Gasteiger partial charge on any atom is 0.253 e. The number of nitrogens with one attached hydrogen (secondary N) is 1. The van der Waals surface area contributed by atoms with Crippen molar-refractivity contribution in [1.82, 2.24) is 5.32 Å². The van der Waals surface area contributed by atoms with Crippen LogP contribution in [0.5, 0.6) is 0 Å². The van der Waals surface area contributed by atoms with Crippen LogP contribution < -0.4 is 11.1 Å². The Balaban J connectivity index is 2.06. The molecule has 0 saturated heterocycles. The van der Waals surface area contributed by atoms with Gasteiger partial charge in [-0.1, -0.05) is 26.0 Å². The Morgan fingerprint density at radius 2 is 2.00 bits per heavy atom. The fourth-order valence-corrected chi connectivity index (χ4v) is 2.94. The van der Waals surface area contributed by atoms with Gasteiger partial charge < -0.3 is 11.1 Å². The molecule has 0 bridgehead atoms. The minimum Gasteiger partial charge on any atom is -0.398 e. The van der Waals surface area contributed by atoms with E-state index in [-0.39, 0.29) is 11.9 Å². The fourth-order valence-electron chi connectivity index (χ4n) is 2.94. The molecule has 3 N–H and O–H groups in total. The molecule has 0 radical (unpaired) electrons. The highest BCUT2D eigenvalue weighted by Gasteiger charge is 2.26. The van der Waals surface area contributed by atoms with Crippen LogP contribution in [0.4, 0.5) is 5.69 Å². The van der Waals surface area contributed by atoms with Crippen LogP contribution in [-0.4, -0.2) is 11.9 Å². The van der Waals surface area contributed by atoms with Crippen molar-refractivity contribution < 1.29 is 4.79 Å². The van der Waals surface area contributed by atoms with Gasteiger partial charge in [0.05, 0.1) is 5.56 Å². The van der Waals surface area contributed by atoms with Gasteiger partial charge in [-0.3, -0.25) is 4.79 Å². The van der Waals surface area contributed by atoms with Crippen molar-refractivity contribution in [2.75, 3.05) is 5.73 Å². The van der Waals surface area contributed by atoms with E-state index in [9.17, 15) is 4.79 Å². The summed E-state index contributed by atoms with van der Waals surface area (Å²) >= 11 is 0. The summed E-state index contributed by atoms with van der Waals surface area (Å²) in [7, 11) is 0. The van der Waals surface area contributed by atoms with Crippen molar-refractivity contribution in [2.24, 2.45) is 11.8 Å². The van der Waals surface area contributed by atoms with Crippen molar-refractivity contribution in [3.63, 3.8) is 0 Å². The molecule has 1 amide bonds. The summed E-state index contributed by atoms with van der Waals surface area (Å²) < 4.78 is 0. The van der Waals surface area contributed by atoms with Crippen LogP contribution in [0.15, 0.2) is 18.2 Å². The van der Waals surface area contributed by atoms with Gasteiger partial charge in [0.1, 0.15) is 0 Å². The first-order valence-corrected chi connectivity index (χ1v) is 7.15. The van der Waals surface area contributed by atoms with Crippen LogP contribution in [0.25, 0.3) is 0 Å². The third kappa shape index (κ3) is 3.09. The van der Waals surface area contributed by atoms with Crippen LogP contribution in [0.3, 0.4) is 0 Å². The number of rotatable bonds is 2. The van der Waals surface area contributed by atoms with Crippen LogP contribution in [-0.2, 0) is 0 Å². The van der Waals surface area contributed by atoms with Gasteiger partial charge in [0.15, 0.2) is 0 Å². The van der Waals surface area contributed by atoms with E-state index < -0.39 is 0 Å². The lowest BCUT2D eigenvalue weighted by atomic mass is 9.79. The van der Waals surface area contributed by atoms with Crippen LogP contribution in [0.2, 0.25) is 0 Å². The van der Waals surface area contributed by atoms with Crippen molar-refractivity contribution in [3.8, 4) is 0 Å². The van der Waals surface area contributed by atoms with Gasteiger partial charge in [-0.15, -0.1) is 0 Å². The maximum atomic E-state index is 12.4. The maximum absolute atomic E-state index is 12.4. The summed E-state index contributed by atoms with van der Waals surface area (Å²) in [5.41, 5.74) is 8.05. The van der Waals surface area contributed by atoms with Gasteiger partial charge in [0, 0.05) is 11.7 Å². The van der Waals surface area contributed by atoms with Crippen LogP contribution in [0, 0.1) is 18.8 Å². The van der Waals surface area contributed by atoms with E-state index in [1.165, 1.54) is 6.42 Å². The molecule has 1 aliphatic carbocycles. The molecule has 2 rings (SSSR count). The molecule has 3 unspecified atom stereocenters. The lowest BCUT2D eigenvalue weighted by molar-refractivity contribution is 0.0911. The lowest BCUT2D eigenvalue weighted by Crippen LogP contribution is -2.40. The number of hydrogen-bond acceptors (Lipinski definition) is 2. The quantitative estimate of drug-likeness (QED) is 0.803. The molecule has 3 nitrogen and oxygen atoms in total. The second-order valence-corrected chi connectivity index (χ2v) is 5.98. The average molecular weight is 260 g/mol. The molecule has 19 heavy (non-hydrogen) atoms. The second-order valence-electron chi connectivity index (χ2n) is 5.98. The summed E-state index contributed by atoms with van der Waals surface area (Å²) in [6, 6.07) is 5.88. The molecule has 0 spiro atoms. The highest BCUT2D eigenvalue weighted by atomic mass is 16.1. The number of nitrogens with two attached hydrogens (primary N) is 1. The molecule has 1 aromatic rings. The first-order chi connectivity index (χ1) is 8.99. The number of carbonyl (C=O) groups is 1. The number of amides is 1. The van der Waals surface area contributed by atoms with Gasteiger partial charge in [-0.05, 0) is 49.7 Å². The SMILES string of the molecule is Cc1cccc(N)c1C(=O)NC1CCC(C)C(C)C1. The number of aryl methyl sites for hydroxylation is 1. The standard InChI is InChI=1S/C16H24N2O/c1-10-7-8-13(9-12(10)3)18-16(19)15-11(2)5-4-6-14(15)17/h4-6,10,12-13H,7-9,17H2,1-3H3,(H,18,19). The zero-order chi connectivity index (χ0) is 14.0. The molecule has 0 aliphatic heterocycles. The minimum absolute atomic E-state index is 0.0256. The molecule has 1 fully saturated rings. The minimum atomic E-state index is -0.0256. The molecule has 1 saturated carbocycles. The van der Waals surface area contributed by atoms with E-state index in [1.807, 2.05) is 19.1 Å². The second kappa shape index (κ2) is 5.64. The Morgan fingerprint density at radius 1 is 1.26 bits per heavy atom. The number of hydrogen-bond donors (Lipinski definition) is 2. The molecule has 1 aliphatic rings. The molecular weight excluding hydrogens is 236 g/mol. The number of anilines is 1. The van der Waals surface area contributed by atoms with E-state index >= 15 is 0 Å². The van der Waals surface area contributed by atoms with Crippen molar-refractivity contribution in [3.05, 3.63) is 29.3 Å². The molecule has 3 heteroatoms. The van der Waals surface area contributed by atoms with E-state index in [1.54, 1.807) is 6.07 Å². The van der Waals surface area contributed by atoms with Gasteiger partial charge in [-0.2, -0.15) is 0 Å². The van der Waals surface area contributed by atoms with Crippen LogP contribution in [0.1, 0.15) is 49.0 Å². The highest BCUT2D eigenvalue weighted by molar-refractivity contribution is 6.00. The van der Waals surface area contributed by atoms with Gasteiger partial charge in [0.25, 0.3) is 5.91 Å². The Kier molecular flexibility index (Phi) is 4.13. The normalized spacial score (nSPS) is 27.0. The molecule has 1 aromatic carbocycles. The van der Waals surface area contributed by atoms with E-state index in [4.69, 9.17) is 5.73 Å². The Hall–Kier alpha value is -1.51. The van der Waals surface area contributed by atoms with E-state index in [0.29, 0.717) is 17.2 Å². The topological polar surface area (TPSA) is 55.1 Å². The smallest absolute Gasteiger partial charge is 0.253 e. The predicted octanol–water partition coefficient (Wildman–Crippen LogP) is 3.13. The Labute approximate surface area is 115 Å². The largest absolute Gasteiger partial charge is 0.398 e. The first-order valence-electron chi connectivity index (χ1n) is 7.15. The summed E-state index contributed by atoms with van der Waals surface area (Å²) in [6.07, 6.45) is 3.33. The predicted molar refractivity (Wildman–Crippen MR) is 79.0 cm³/mol. The molecule has 3 atom stereocenters. The third-order valence-corrected chi connectivity index (χ3v) is 4.47. The van der Waals surface area contributed by atoms with Gasteiger partial charge in [-0.25, -0.2) is 0 Å². The number of carbonyl (C=O) groups excluding carboxylic acids is 1. The monoisotopic (exact) mass is 260 g/mol. The lowest BCUT2D eigenvalue weighted by Gasteiger charge is -2.32. The Morgan fingerprint density at radius 3 is 2.63 bits per heavy atom. The zero-order valence-corrected chi connectivity index (χ0v) is 12.1. The van der Waals surface area contributed by atoms with Gasteiger partial charge >= 0.3 is 0 Å². The molecular formula is C16H24N2O. The third-order valence-electron chi connectivity index (χ3n) is 4.47. The van der Waals surface area contributed by atoms with Crippen LogP contribution >= 0.6 is 0 Å². The summed E-state index contributed by atoms with van der Waals surface area (Å²) in [5, 5.41) is 3.15. The first kappa shape index (κ1) is 13.9. The van der Waals surface area contributed by atoms with E-state index in [0.717, 1.165) is 24.3 Å². The molecule has 104 valence electrons. The summed E-state index contributed by atoms with van der Waals surface area (Å²) in [6.45, 7) is 6.49. The summed E-state index contributed by atoms with van der Waals surface area (Å²) in [5.74, 6) is 1.41. The summed E-state index contributed by atoms with van der Waals surface area (Å²) in [4.78, 5) is 12.4. The fraction of sp³-hybridized carbons (Fsp3) is 0.562. The number of nitrogen functional groups attached to an aromatic ring is 1.